The number of amides is 1. The van der Waals surface area contributed by atoms with Crippen molar-refractivity contribution >= 4 is 50.0 Å². The molecule has 1 atom stereocenters. The molecule has 0 aliphatic carbocycles. The third-order valence-corrected chi connectivity index (χ3v) is 5.56. The van der Waals surface area contributed by atoms with E-state index in [1.807, 2.05) is 5.32 Å². The molecule has 0 aliphatic heterocycles. The molecule has 188 valence electrons. The Hall–Kier alpha value is -2.87. The van der Waals surface area contributed by atoms with Crippen molar-refractivity contribution in [3.05, 3.63) is 70.0 Å². The number of hydrogen-bond acceptors (Lipinski definition) is 3. The highest BCUT2D eigenvalue weighted by Gasteiger charge is 2.71. The second-order valence-electron chi connectivity index (χ2n) is 6.93. The van der Waals surface area contributed by atoms with Gasteiger partial charge in [0, 0.05) is 28.6 Å². The van der Waals surface area contributed by atoms with Gasteiger partial charge in [0.1, 0.15) is 5.69 Å². The zero-order valence-corrected chi connectivity index (χ0v) is 19.0. The molecule has 35 heavy (non-hydrogen) atoms. The number of ether oxygens (including phenoxy) is 1. The molecule has 5 nitrogen and oxygen atoms in total. The van der Waals surface area contributed by atoms with Gasteiger partial charge in [-0.05, 0) is 46.3 Å². The summed E-state index contributed by atoms with van der Waals surface area (Å²) in [5.41, 5.74) is -8.31. The van der Waals surface area contributed by atoms with Crippen molar-refractivity contribution in [3.63, 3.8) is 0 Å². The molecule has 3 rings (SSSR count). The van der Waals surface area contributed by atoms with E-state index in [1.165, 1.54) is 34.1 Å². The van der Waals surface area contributed by atoms with Gasteiger partial charge in [-0.3, -0.25) is 4.79 Å². The molecule has 1 aromatic heterocycles. The number of nitrogens with one attached hydrogen (secondary N) is 1. The zero-order chi connectivity index (χ0) is 26.3. The molecule has 2 aromatic carbocycles. The first-order valence-electron chi connectivity index (χ1n) is 9.10. The highest BCUT2D eigenvalue weighted by atomic mass is 79.9. The predicted molar refractivity (Wildman–Crippen MR) is 112 cm³/mol. The van der Waals surface area contributed by atoms with Crippen LogP contribution in [0.1, 0.15) is 15.9 Å². The summed E-state index contributed by atoms with van der Waals surface area (Å²) in [5, 5.41) is 13.3. The van der Waals surface area contributed by atoms with Gasteiger partial charge in [-0.25, -0.2) is 4.39 Å². The number of anilines is 1. The van der Waals surface area contributed by atoms with Crippen molar-refractivity contribution < 1.29 is 49.4 Å². The van der Waals surface area contributed by atoms with E-state index in [0.717, 1.165) is 12.3 Å². The molecule has 0 spiro atoms. The maximum atomic E-state index is 14.7. The molecule has 0 aliphatic rings. The normalized spacial score (nSPS) is 14.1. The Morgan fingerprint density at radius 1 is 1.09 bits per heavy atom. The lowest BCUT2D eigenvalue weighted by molar-refractivity contribution is -0.577. The fourth-order valence-corrected chi connectivity index (χ4v) is 3.80. The van der Waals surface area contributed by atoms with Gasteiger partial charge >= 0.3 is 23.3 Å². The summed E-state index contributed by atoms with van der Waals surface area (Å²) in [7, 11) is 0. The zero-order valence-electron chi connectivity index (χ0n) is 16.6. The van der Waals surface area contributed by atoms with Crippen molar-refractivity contribution in [1.29, 1.82) is 0 Å². The summed E-state index contributed by atoms with van der Waals surface area (Å²) in [5.74, 6) is -2.41. The van der Waals surface area contributed by atoms with Gasteiger partial charge in [-0.1, -0.05) is 11.6 Å². The van der Waals surface area contributed by atoms with Crippen LogP contribution in [0.2, 0.25) is 5.02 Å². The van der Waals surface area contributed by atoms with Gasteiger partial charge in [-0.15, -0.1) is 0 Å². The fraction of sp³-hybridized carbons (Fsp3) is 0.200. The predicted octanol–water partition coefficient (Wildman–Crippen LogP) is 6.70. The molecule has 0 saturated heterocycles. The topological polar surface area (TPSA) is 65.3 Å². The Morgan fingerprint density at radius 2 is 1.74 bits per heavy atom. The van der Waals surface area contributed by atoms with Crippen LogP contribution in [0.5, 0.6) is 5.75 Å². The van der Waals surface area contributed by atoms with Gasteiger partial charge in [0.25, 0.3) is 5.91 Å². The Labute approximate surface area is 203 Å². The van der Waals surface area contributed by atoms with Crippen molar-refractivity contribution in [2.24, 2.45) is 0 Å². The molecular weight excluding hydrogens is 584 g/mol. The molecule has 0 fully saturated rings. The first-order valence-corrected chi connectivity index (χ1v) is 10.3. The van der Waals surface area contributed by atoms with Gasteiger partial charge in [0.2, 0.25) is 5.52 Å². The Morgan fingerprint density at radius 3 is 2.31 bits per heavy atom. The number of alkyl halides is 9. The van der Waals surface area contributed by atoms with Crippen LogP contribution in [0.3, 0.4) is 0 Å². The van der Waals surface area contributed by atoms with Crippen LogP contribution in [0.25, 0.3) is 10.9 Å². The summed E-state index contributed by atoms with van der Waals surface area (Å²) in [6.45, 7) is -3.72. The number of halogens is 10. The average molecular weight is 594 g/mol. The van der Waals surface area contributed by atoms with E-state index in [9.17, 15) is 45.1 Å². The van der Waals surface area contributed by atoms with Gasteiger partial charge in [0.15, 0.2) is 11.9 Å². The largest absolute Gasteiger partial charge is 0.618 e. The van der Waals surface area contributed by atoms with E-state index in [1.54, 1.807) is 6.07 Å². The molecular formula is C20H10BrClF8N2O3. The smallest absolute Gasteiger partial charge is 0.433 e. The summed E-state index contributed by atoms with van der Waals surface area (Å²) in [6, 6.07) is 6.72. The monoisotopic (exact) mass is 592 g/mol. The fourth-order valence-electron chi connectivity index (χ4n) is 3.09. The van der Waals surface area contributed by atoms with Crippen LogP contribution in [0.15, 0.2) is 48.7 Å². The summed E-state index contributed by atoms with van der Waals surface area (Å²) in [6.07, 6.45) is -5.09. The average Bonchev–Trinajstić information content (AvgIpc) is 2.73. The number of carbonyl (C=O) groups excluding carboxylic acids is 1. The van der Waals surface area contributed by atoms with E-state index in [-0.39, 0.29) is 23.2 Å². The summed E-state index contributed by atoms with van der Waals surface area (Å²) < 4.78 is 112. The molecule has 1 heterocycles. The lowest BCUT2D eigenvalue weighted by Gasteiger charge is -2.32. The molecule has 1 amide bonds. The Kier molecular flexibility index (Phi) is 7.10. The Bertz CT molecular complexity index is 1270. The molecule has 1 N–H and O–H groups in total. The third kappa shape index (κ3) is 5.08. The van der Waals surface area contributed by atoms with Crippen LogP contribution in [0.4, 0.5) is 40.8 Å². The highest BCUT2D eigenvalue weighted by Crippen LogP contribution is 2.56. The SMILES string of the molecule is O=C(Nc1c(Cl)cc(C(F)(C(F)(F)F)C(F)(F)Br)cc1OC(F)F)c1ccc2ccc[n+]([O-])c2c1. The quantitative estimate of drug-likeness (QED) is 0.150. The molecule has 15 heteroatoms. The van der Waals surface area contributed by atoms with Crippen LogP contribution in [-0.2, 0) is 5.67 Å². The van der Waals surface area contributed by atoms with Gasteiger partial charge in [-0.2, -0.15) is 35.5 Å². The standard InChI is InChI=1S/C20H10BrClF8N2O3/c21-19(26,27)18(25,20(28,29)30)11-7-12(22)15(14(8-11)35-17(23)24)31-16(33)10-4-3-9-2-1-5-32(34)13(9)6-10/h1-8,17H,(H,31,33). The minimum Gasteiger partial charge on any atom is -0.618 e. The number of hydrogen-bond donors (Lipinski definition) is 1. The van der Waals surface area contributed by atoms with Crippen molar-refractivity contribution in [3.8, 4) is 5.75 Å². The maximum absolute atomic E-state index is 14.7. The second-order valence-corrected chi connectivity index (χ2v) is 8.33. The first-order chi connectivity index (χ1) is 16.1. The number of pyridine rings is 1. The summed E-state index contributed by atoms with van der Waals surface area (Å²) in [4.78, 5) is 7.41. The number of fused-ring (bicyclic) bond motifs is 1. The van der Waals surface area contributed by atoms with Crippen molar-refractivity contribution in [1.82, 2.24) is 0 Å². The molecule has 0 saturated carbocycles. The number of benzene rings is 2. The molecule has 0 radical (unpaired) electrons. The van der Waals surface area contributed by atoms with Crippen molar-refractivity contribution in [2.75, 3.05) is 5.32 Å². The number of carbonyl (C=O) groups is 1. The van der Waals surface area contributed by atoms with Crippen LogP contribution in [-0.4, -0.2) is 23.5 Å². The molecule has 0 bridgehead atoms. The van der Waals surface area contributed by atoms with E-state index < -0.39 is 51.2 Å². The maximum Gasteiger partial charge on any atom is 0.433 e. The molecule has 3 aromatic rings. The third-order valence-electron chi connectivity index (χ3n) is 4.71. The van der Waals surface area contributed by atoms with E-state index >= 15 is 0 Å². The minimum absolute atomic E-state index is 0.0394. The van der Waals surface area contributed by atoms with Crippen LogP contribution < -0.4 is 14.8 Å². The number of aromatic nitrogens is 1. The summed E-state index contributed by atoms with van der Waals surface area (Å²) >= 11 is 7.12. The first kappa shape index (κ1) is 26.7. The van der Waals surface area contributed by atoms with E-state index in [0.29, 0.717) is 10.1 Å². The molecule has 1 unspecified atom stereocenters. The lowest BCUT2D eigenvalue weighted by Crippen LogP contribution is -2.49. The second kappa shape index (κ2) is 9.30. The number of nitrogens with zero attached hydrogens (tertiary/aromatic N) is 1. The lowest BCUT2D eigenvalue weighted by atomic mass is 9.94. The number of rotatable bonds is 6. The van der Waals surface area contributed by atoms with Gasteiger partial charge in [0.05, 0.1) is 5.02 Å². The van der Waals surface area contributed by atoms with Gasteiger partial charge < -0.3 is 15.3 Å². The van der Waals surface area contributed by atoms with E-state index in [4.69, 9.17) is 11.6 Å². The van der Waals surface area contributed by atoms with E-state index in [2.05, 4.69) is 4.74 Å². The van der Waals surface area contributed by atoms with Crippen LogP contribution >= 0.6 is 27.5 Å². The highest BCUT2D eigenvalue weighted by molar-refractivity contribution is 9.10. The Balaban J connectivity index is 2.10. The van der Waals surface area contributed by atoms with Crippen molar-refractivity contribution in [2.45, 2.75) is 23.3 Å². The minimum atomic E-state index is -6.23. The van der Waals surface area contributed by atoms with Crippen LogP contribution in [0, 0.1) is 5.21 Å².